The zero-order chi connectivity index (χ0) is 18.3. The highest BCUT2D eigenvalue weighted by molar-refractivity contribution is 5.84. The molecule has 0 N–H and O–H groups in total. The molecule has 0 fully saturated rings. The number of carbonyl (C=O) groups excluding carboxylic acids is 1. The topological polar surface area (TPSA) is 60.9 Å². The summed E-state index contributed by atoms with van der Waals surface area (Å²) in [6.07, 6.45) is 1.49. The second-order valence-electron chi connectivity index (χ2n) is 6.71. The second-order valence-corrected chi connectivity index (χ2v) is 6.71. The number of benzene rings is 2. The molecule has 2 aromatic carbocycles. The normalized spacial score (nSPS) is 11.5. The van der Waals surface area contributed by atoms with Gasteiger partial charge in [0.2, 0.25) is 5.89 Å². The van der Waals surface area contributed by atoms with E-state index < -0.39 is 0 Å². The summed E-state index contributed by atoms with van der Waals surface area (Å²) >= 11 is 0. The Morgan fingerprint density at radius 1 is 1.12 bits per heavy atom. The van der Waals surface area contributed by atoms with Crippen molar-refractivity contribution in [2.45, 2.75) is 40.2 Å². The second kappa shape index (κ2) is 6.41. The maximum absolute atomic E-state index is 11.3. The van der Waals surface area contributed by atoms with Gasteiger partial charge in [-0.2, -0.15) is 0 Å². The fraction of sp³-hybridized carbons (Fsp3) is 0.286. The number of hydrogen-bond donors (Lipinski definition) is 0. The number of aryl methyl sites for hydroxylation is 2. The molecule has 0 spiro atoms. The van der Waals surface area contributed by atoms with Gasteiger partial charge in [-0.3, -0.25) is 4.79 Å². The third-order valence-electron chi connectivity index (χ3n) is 4.54. The summed E-state index contributed by atoms with van der Waals surface area (Å²) in [5.41, 5.74) is 5.43. The fourth-order valence-corrected chi connectivity index (χ4v) is 3.38. The van der Waals surface area contributed by atoms with Gasteiger partial charge in [-0.05, 0) is 56.2 Å². The molecule has 26 heavy (non-hydrogen) atoms. The summed E-state index contributed by atoms with van der Waals surface area (Å²) in [7, 11) is 0. The minimum absolute atomic E-state index is 0.136. The van der Waals surface area contributed by atoms with Crippen molar-refractivity contribution in [3.63, 3.8) is 0 Å². The van der Waals surface area contributed by atoms with Gasteiger partial charge in [0.05, 0.1) is 11.0 Å². The number of imidazole rings is 1. The molecule has 0 saturated heterocycles. The van der Waals surface area contributed by atoms with Crippen LogP contribution in [0.1, 0.15) is 31.7 Å². The predicted octanol–water partition coefficient (Wildman–Crippen LogP) is 4.69. The molecule has 0 atom stereocenters. The van der Waals surface area contributed by atoms with Crippen molar-refractivity contribution in [3.8, 4) is 11.5 Å². The first kappa shape index (κ1) is 16.5. The standard InChI is InChI=1S/C21H21N3O2/c1-4-9-24-14(3)22-17-12-16(6-7-19(17)24)21-23-18-11-15(10-13(2)25)5-8-20(18)26-21/h5-8,11-12H,4,9-10H2,1-3H3. The van der Waals surface area contributed by atoms with Gasteiger partial charge in [-0.15, -0.1) is 0 Å². The molecule has 0 radical (unpaired) electrons. The summed E-state index contributed by atoms with van der Waals surface area (Å²) in [6, 6.07) is 11.8. The minimum atomic E-state index is 0.136. The summed E-state index contributed by atoms with van der Waals surface area (Å²) in [6.45, 7) is 6.75. The molecule has 0 aliphatic rings. The van der Waals surface area contributed by atoms with Crippen molar-refractivity contribution in [2.75, 3.05) is 0 Å². The molecule has 0 saturated carbocycles. The lowest BCUT2D eigenvalue weighted by Crippen LogP contribution is -1.98. The highest BCUT2D eigenvalue weighted by Gasteiger charge is 2.13. The Morgan fingerprint density at radius 2 is 1.96 bits per heavy atom. The predicted molar refractivity (Wildman–Crippen MR) is 102 cm³/mol. The molecule has 0 aliphatic carbocycles. The number of fused-ring (bicyclic) bond motifs is 2. The van der Waals surface area contributed by atoms with Crippen LogP contribution in [0.5, 0.6) is 0 Å². The van der Waals surface area contributed by atoms with Gasteiger partial charge in [-0.1, -0.05) is 13.0 Å². The first-order valence-electron chi connectivity index (χ1n) is 8.91. The minimum Gasteiger partial charge on any atom is -0.436 e. The lowest BCUT2D eigenvalue weighted by Gasteiger charge is -2.04. The van der Waals surface area contributed by atoms with E-state index in [1.165, 1.54) is 0 Å². The molecule has 0 bridgehead atoms. The van der Waals surface area contributed by atoms with Crippen LogP contribution in [-0.4, -0.2) is 20.3 Å². The summed E-state index contributed by atoms with van der Waals surface area (Å²) in [5, 5.41) is 0. The number of Topliss-reactive ketones (excluding diaryl/α,β-unsaturated/α-hetero) is 1. The number of carbonyl (C=O) groups is 1. The van der Waals surface area contributed by atoms with E-state index in [0.29, 0.717) is 12.3 Å². The molecule has 0 amide bonds. The number of nitrogens with zero attached hydrogens (tertiary/aromatic N) is 3. The lowest BCUT2D eigenvalue weighted by atomic mass is 10.1. The maximum atomic E-state index is 11.3. The van der Waals surface area contributed by atoms with Gasteiger partial charge >= 0.3 is 0 Å². The van der Waals surface area contributed by atoms with Crippen LogP contribution in [0, 0.1) is 6.92 Å². The van der Waals surface area contributed by atoms with Crippen LogP contribution < -0.4 is 0 Å². The Bertz CT molecular complexity index is 1120. The first-order chi connectivity index (χ1) is 12.5. The summed E-state index contributed by atoms with van der Waals surface area (Å²) in [5.74, 6) is 1.73. The smallest absolute Gasteiger partial charge is 0.227 e. The van der Waals surface area contributed by atoms with Crippen molar-refractivity contribution in [2.24, 2.45) is 0 Å². The van der Waals surface area contributed by atoms with Gasteiger partial charge in [-0.25, -0.2) is 9.97 Å². The van der Waals surface area contributed by atoms with E-state index in [2.05, 4.69) is 27.5 Å². The zero-order valence-electron chi connectivity index (χ0n) is 15.2. The third kappa shape index (κ3) is 2.90. The monoisotopic (exact) mass is 347 g/mol. The third-order valence-corrected chi connectivity index (χ3v) is 4.54. The zero-order valence-corrected chi connectivity index (χ0v) is 15.2. The molecule has 132 valence electrons. The van der Waals surface area contributed by atoms with Gasteiger partial charge in [0, 0.05) is 18.5 Å². The maximum Gasteiger partial charge on any atom is 0.227 e. The SMILES string of the molecule is CCCn1c(C)nc2cc(-c3nc4cc(CC(C)=O)ccc4o3)ccc21. The molecule has 5 nitrogen and oxygen atoms in total. The molecule has 2 heterocycles. The van der Waals surface area contributed by atoms with Crippen LogP contribution in [0.15, 0.2) is 40.8 Å². The van der Waals surface area contributed by atoms with Crippen LogP contribution in [-0.2, 0) is 17.8 Å². The molecular weight excluding hydrogens is 326 g/mol. The van der Waals surface area contributed by atoms with E-state index in [1.54, 1.807) is 6.92 Å². The van der Waals surface area contributed by atoms with Crippen LogP contribution in [0.25, 0.3) is 33.6 Å². The Morgan fingerprint density at radius 3 is 2.73 bits per heavy atom. The van der Waals surface area contributed by atoms with Crippen molar-refractivity contribution in [1.82, 2.24) is 14.5 Å². The Balaban J connectivity index is 1.75. The number of ketones is 1. The number of hydrogen-bond acceptors (Lipinski definition) is 4. The van der Waals surface area contributed by atoms with E-state index in [-0.39, 0.29) is 5.78 Å². The first-order valence-corrected chi connectivity index (χ1v) is 8.91. The molecular formula is C21H21N3O2. The van der Waals surface area contributed by atoms with E-state index in [9.17, 15) is 4.79 Å². The number of rotatable bonds is 5. The van der Waals surface area contributed by atoms with E-state index in [4.69, 9.17) is 4.42 Å². The van der Waals surface area contributed by atoms with Gasteiger partial charge < -0.3 is 8.98 Å². The molecule has 4 rings (SSSR count). The lowest BCUT2D eigenvalue weighted by molar-refractivity contribution is -0.116. The average Bonchev–Trinajstić information content (AvgIpc) is 3.15. The molecule has 4 aromatic rings. The fourth-order valence-electron chi connectivity index (χ4n) is 3.38. The molecule has 0 unspecified atom stereocenters. The van der Waals surface area contributed by atoms with E-state index in [0.717, 1.165) is 52.1 Å². The van der Waals surface area contributed by atoms with Gasteiger partial charge in [0.25, 0.3) is 0 Å². The highest BCUT2D eigenvalue weighted by atomic mass is 16.3. The Labute approximate surface area is 151 Å². The number of oxazole rings is 1. The Hall–Kier alpha value is -2.95. The molecule has 0 aliphatic heterocycles. The quantitative estimate of drug-likeness (QED) is 0.525. The highest BCUT2D eigenvalue weighted by Crippen LogP contribution is 2.28. The van der Waals surface area contributed by atoms with Gasteiger partial charge in [0.1, 0.15) is 17.1 Å². The van der Waals surface area contributed by atoms with Crippen LogP contribution >= 0.6 is 0 Å². The number of aromatic nitrogens is 3. The molecule has 2 aromatic heterocycles. The largest absolute Gasteiger partial charge is 0.436 e. The van der Waals surface area contributed by atoms with Crippen molar-refractivity contribution < 1.29 is 9.21 Å². The van der Waals surface area contributed by atoms with Crippen LogP contribution in [0.4, 0.5) is 0 Å². The van der Waals surface area contributed by atoms with Gasteiger partial charge in [0.15, 0.2) is 5.58 Å². The summed E-state index contributed by atoms with van der Waals surface area (Å²) < 4.78 is 8.15. The molecule has 5 heteroatoms. The van der Waals surface area contributed by atoms with E-state index in [1.807, 2.05) is 37.3 Å². The van der Waals surface area contributed by atoms with Crippen LogP contribution in [0.3, 0.4) is 0 Å². The van der Waals surface area contributed by atoms with E-state index >= 15 is 0 Å². The average molecular weight is 347 g/mol. The van der Waals surface area contributed by atoms with Crippen LogP contribution in [0.2, 0.25) is 0 Å². The Kier molecular flexibility index (Phi) is 4.07. The van der Waals surface area contributed by atoms with Crippen molar-refractivity contribution >= 4 is 27.9 Å². The van der Waals surface area contributed by atoms with Crippen molar-refractivity contribution in [3.05, 3.63) is 47.8 Å². The van der Waals surface area contributed by atoms with Crippen molar-refractivity contribution in [1.29, 1.82) is 0 Å². The summed E-state index contributed by atoms with van der Waals surface area (Å²) in [4.78, 5) is 20.6.